The van der Waals surface area contributed by atoms with Crippen molar-refractivity contribution in [3.8, 4) is 0 Å². The van der Waals surface area contributed by atoms with Crippen LogP contribution in [0.4, 0.5) is 0 Å². The average Bonchev–Trinajstić information content (AvgIpc) is 2.11. The molecule has 2 amide bonds. The molecule has 16 heavy (non-hydrogen) atoms. The second-order valence-corrected chi connectivity index (χ2v) is 5.16. The standard InChI is InChI=1S/C12H24N2O2/c1-7(2)6-9(5)12(16)14-10(8(3)4)11(13)15/h7-10H,6H2,1-5H3,(H2,13,15)(H,14,16)/t9-,10-/m0/s1. The van der Waals surface area contributed by atoms with E-state index in [-0.39, 0.29) is 17.7 Å². The van der Waals surface area contributed by atoms with Crippen molar-refractivity contribution < 1.29 is 9.59 Å². The van der Waals surface area contributed by atoms with E-state index in [1.165, 1.54) is 0 Å². The topological polar surface area (TPSA) is 72.2 Å². The molecule has 0 aromatic rings. The Kier molecular flexibility index (Phi) is 6.08. The molecule has 0 saturated carbocycles. The number of carbonyl (C=O) groups is 2. The van der Waals surface area contributed by atoms with Crippen molar-refractivity contribution in [1.29, 1.82) is 0 Å². The Morgan fingerprint density at radius 3 is 1.94 bits per heavy atom. The molecule has 4 nitrogen and oxygen atoms in total. The molecule has 2 atom stereocenters. The Bertz CT molecular complexity index is 249. The smallest absolute Gasteiger partial charge is 0.240 e. The van der Waals surface area contributed by atoms with Crippen LogP contribution in [-0.4, -0.2) is 17.9 Å². The summed E-state index contributed by atoms with van der Waals surface area (Å²) < 4.78 is 0. The molecule has 0 spiro atoms. The third kappa shape index (κ3) is 5.14. The van der Waals surface area contributed by atoms with Gasteiger partial charge in [0.1, 0.15) is 6.04 Å². The number of primary amides is 1. The van der Waals surface area contributed by atoms with Gasteiger partial charge in [0.25, 0.3) is 0 Å². The minimum Gasteiger partial charge on any atom is -0.368 e. The van der Waals surface area contributed by atoms with Gasteiger partial charge in [0.05, 0.1) is 0 Å². The highest BCUT2D eigenvalue weighted by molar-refractivity contribution is 5.87. The highest BCUT2D eigenvalue weighted by Crippen LogP contribution is 2.12. The van der Waals surface area contributed by atoms with Crippen LogP contribution in [0, 0.1) is 17.8 Å². The lowest BCUT2D eigenvalue weighted by Gasteiger charge is -2.22. The van der Waals surface area contributed by atoms with E-state index in [1.54, 1.807) is 0 Å². The van der Waals surface area contributed by atoms with Crippen LogP contribution < -0.4 is 11.1 Å². The number of hydrogen-bond acceptors (Lipinski definition) is 2. The van der Waals surface area contributed by atoms with Gasteiger partial charge in [-0.2, -0.15) is 0 Å². The fourth-order valence-electron chi connectivity index (χ4n) is 1.68. The third-order valence-electron chi connectivity index (χ3n) is 2.54. The molecule has 0 aliphatic heterocycles. The molecule has 0 aromatic carbocycles. The molecule has 0 aliphatic carbocycles. The normalized spacial score (nSPS) is 14.9. The van der Waals surface area contributed by atoms with Gasteiger partial charge in [-0.1, -0.05) is 34.6 Å². The van der Waals surface area contributed by atoms with Crippen molar-refractivity contribution in [2.75, 3.05) is 0 Å². The van der Waals surface area contributed by atoms with Gasteiger partial charge in [-0.15, -0.1) is 0 Å². The molecule has 0 unspecified atom stereocenters. The molecule has 0 aliphatic rings. The Morgan fingerprint density at radius 2 is 1.62 bits per heavy atom. The number of rotatable bonds is 6. The van der Waals surface area contributed by atoms with Crippen LogP contribution in [-0.2, 0) is 9.59 Å². The number of amides is 2. The lowest BCUT2D eigenvalue weighted by atomic mass is 9.96. The number of hydrogen-bond donors (Lipinski definition) is 2. The van der Waals surface area contributed by atoms with E-state index < -0.39 is 11.9 Å². The lowest BCUT2D eigenvalue weighted by molar-refractivity contribution is -0.130. The fraction of sp³-hybridized carbons (Fsp3) is 0.833. The predicted octanol–water partition coefficient (Wildman–Crippen LogP) is 1.29. The van der Waals surface area contributed by atoms with Crippen LogP contribution in [0.25, 0.3) is 0 Å². The van der Waals surface area contributed by atoms with Crippen molar-refractivity contribution in [2.45, 2.75) is 47.1 Å². The maximum atomic E-state index is 11.8. The van der Waals surface area contributed by atoms with Crippen LogP contribution in [0.1, 0.15) is 41.0 Å². The lowest BCUT2D eigenvalue weighted by Crippen LogP contribution is -2.49. The Hall–Kier alpha value is -1.06. The molecule has 3 N–H and O–H groups in total. The second kappa shape index (κ2) is 6.51. The van der Waals surface area contributed by atoms with Crippen molar-refractivity contribution in [2.24, 2.45) is 23.5 Å². The third-order valence-corrected chi connectivity index (χ3v) is 2.54. The predicted molar refractivity (Wildman–Crippen MR) is 64.6 cm³/mol. The first-order valence-electron chi connectivity index (χ1n) is 5.85. The summed E-state index contributed by atoms with van der Waals surface area (Å²) in [4.78, 5) is 22.9. The van der Waals surface area contributed by atoms with E-state index in [2.05, 4.69) is 19.2 Å². The second-order valence-electron chi connectivity index (χ2n) is 5.16. The first kappa shape index (κ1) is 14.9. The van der Waals surface area contributed by atoms with Gasteiger partial charge in [0, 0.05) is 5.92 Å². The van der Waals surface area contributed by atoms with Gasteiger partial charge in [-0.05, 0) is 18.3 Å². The monoisotopic (exact) mass is 228 g/mol. The zero-order chi connectivity index (χ0) is 12.9. The zero-order valence-electron chi connectivity index (χ0n) is 10.9. The first-order chi connectivity index (χ1) is 7.25. The summed E-state index contributed by atoms with van der Waals surface area (Å²) in [5, 5.41) is 2.71. The molecule has 0 radical (unpaired) electrons. The van der Waals surface area contributed by atoms with E-state index in [9.17, 15) is 9.59 Å². The molecule has 0 rings (SSSR count). The van der Waals surface area contributed by atoms with Crippen LogP contribution in [0.2, 0.25) is 0 Å². The SMILES string of the molecule is CC(C)C[C@H](C)C(=O)N[C@H](C(N)=O)C(C)C. The molecular weight excluding hydrogens is 204 g/mol. The summed E-state index contributed by atoms with van der Waals surface area (Å²) in [6.07, 6.45) is 0.815. The number of carbonyl (C=O) groups excluding carboxylic acids is 2. The van der Waals surface area contributed by atoms with E-state index in [1.807, 2.05) is 20.8 Å². The molecule has 4 heteroatoms. The van der Waals surface area contributed by atoms with E-state index >= 15 is 0 Å². The number of nitrogens with one attached hydrogen (secondary N) is 1. The molecule has 0 saturated heterocycles. The molecule has 0 aromatic heterocycles. The molecule has 94 valence electrons. The van der Waals surface area contributed by atoms with Gasteiger partial charge >= 0.3 is 0 Å². The van der Waals surface area contributed by atoms with E-state index in [4.69, 9.17) is 5.73 Å². The summed E-state index contributed by atoms with van der Waals surface area (Å²) in [7, 11) is 0. The largest absolute Gasteiger partial charge is 0.368 e. The van der Waals surface area contributed by atoms with Gasteiger partial charge in [-0.25, -0.2) is 0 Å². The highest BCUT2D eigenvalue weighted by atomic mass is 16.2. The Balaban J connectivity index is 4.35. The summed E-state index contributed by atoms with van der Waals surface area (Å²) in [5.74, 6) is -0.161. The summed E-state index contributed by atoms with van der Waals surface area (Å²) in [6, 6.07) is -0.567. The van der Waals surface area contributed by atoms with E-state index in [0.29, 0.717) is 5.92 Å². The molecule has 0 bridgehead atoms. The highest BCUT2D eigenvalue weighted by Gasteiger charge is 2.24. The van der Waals surface area contributed by atoms with Crippen LogP contribution in [0.5, 0.6) is 0 Å². The minimum atomic E-state index is -0.567. The van der Waals surface area contributed by atoms with Crippen molar-refractivity contribution in [1.82, 2.24) is 5.32 Å². The Morgan fingerprint density at radius 1 is 1.12 bits per heavy atom. The maximum Gasteiger partial charge on any atom is 0.240 e. The van der Waals surface area contributed by atoms with Crippen LogP contribution in [0.3, 0.4) is 0 Å². The Labute approximate surface area is 98.0 Å². The fourth-order valence-corrected chi connectivity index (χ4v) is 1.68. The first-order valence-corrected chi connectivity index (χ1v) is 5.85. The maximum absolute atomic E-state index is 11.8. The molecule has 0 fully saturated rings. The van der Waals surface area contributed by atoms with Crippen molar-refractivity contribution in [3.05, 3.63) is 0 Å². The summed E-state index contributed by atoms with van der Waals surface area (Å²) in [6.45, 7) is 9.73. The van der Waals surface area contributed by atoms with Gasteiger partial charge < -0.3 is 11.1 Å². The van der Waals surface area contributed by atoms with Crippen LogP contribution in [0.15, 0.2) is 0 Å². The number of nitrogens with two attached hydrogens (primary N) is 1. The van der Waals surface area contributed by atoms with Gasteiger partial charge in [0.15, 0.2) is 0 Å². The minimum absolute atomic E-state index is 0.0210. The molecule has 0 heterocycles. The average molecular weight is 228 g/mol. The molecular formula is C12H24N2O2. The van der Waals surface area contributed by atoms with Crippen molar-refractivity contribution >= 4 is 11.8 Å². The summed E-state index contributed by atoms with van der Waals surface area (Å²) in [5.41, 5.74) is 5.23. The van der Waals surface area contributed by atoms with Gasteiger partial charge in [0.2, 0.25) is 11.8 Å². The summed E-state index contributed by atoms with van der Waals surface area (Å²) >= 11 is 0. The van der Waals surface area contributed by atoms with Crippen molar-refractivity contribution in [3.63, 3.8) is 0 Å². The quantitative estimate of drug-likeness (QED) is 0.719. The van der Waals surface area contributed by atoms with Crippen LogP contribution >= 0.6 is 0 Å². The zero-order valence-corrected chi connectivity index (χ0v) is 10.9. The van der Waals surface area contributed by atoms with E-state index in [0.717, 1.165) is 6.42 Å². The van der Waals surface area contributed by atoms with Gasteiger partial charge in [-0.3, -0.25) is 9.59 Å².